The average Bonchev–Trinajstić information content (AvgIpc) is 2.53. The maximum Gasteiger partial charge on any atom is 0.412 e. The van der Waals surface area contributed by atoms with E-state index in [1.54, 1.807) is 13.8 Å². The molecule has 0 saturated heterocycles. The Morgan fingerprint density at radius 2 is 1.12 bits per heavy atom. The van der Waals surface area contributed by atoms with Crippen molar-refractivity contribution in [3.8, 4) is 0 Å². The van der Waals surface area contributed by atoms with Crippen LogP contribution in [0.25, 0.3) is 0 Å². The summed E-state index contributed by atoms with van der Waals surface area (Å²) >= 11 is 0. The number of allylic oxidation sites excluding steroid dienone is 5. The van der Waals surface area contributed by atoms with Crippen LogP contribution in [0.3, 0.4) is 0 Å². The van der Waals surface area contributed by atoms with Crippen LogP contribution in [-0.2, 0) is 0 Å². The molecule has 0 aliphatic rings. The van der Waals surface area contributed by atoms with Gasteiger partial charge < -0.3 is 0 Å². The molecule has 0 heterocycles. The van der Waals surface area contributed by atoms with Gasteiger partial charge in [0.05, 0.1) is 5.83 Å². The van der Waals surface area contributed by atoms with Gasteiger partial charge in [0.25, 0.3) is 6.08 Å². The average molecular weight is 398 g/mol. The molecule has 0 aromatic carbocycles. The van der Waals surface area contributed by atoms with E-state index >= 15 is 0 Å². The third kappa shape index (κ3) is 34.1. The second-order valence-electron chi connectivity index (χ2n) is 5.16. The zero-order valence-corrected chi connectivity index (χ0v) is 16.6. The van der Waals surface area contributed by atoms with E-state index in [2.05, 4.69) is 0 Å². The lowest BCUT2D eigenvalue weighted by atomic mass is 10.3. The Hall–Kier alpha value is -1.34. The van der Waals surface area contributed by atoms with E-state index < -0.39 is 23.8 Å². The molecule has 0 rings (SSSR count). The normalized spacial score (nSPS) is 11.8. The summed E-state index contributed by atoms with van der Waals surface area (Å²) in [6, 6.07) is 0. The predicted molar refractivity (Wildman–Crippen MR) is 92.1 cm³/mol. The number of rotatable bonds is 2. The van der Waals surface area contributed by atoms with Gasteiger partial charge in [0.1, 0.15) is 0 Å². The molecule has 0 unspecified atom stereocenters. The highest BCUT2D eigenvalue weighted by molar-refractivity contribution is 5.02. The number of alkyl halides is 5. The molecule has 0 aromatic heterocycles. The summed E-state index contributed by atoms with van der Waals surface area (Å²) in [7, 11) is 0. The molecule has 0 atom stereocenters. The van der Waals surface area contributed by atoms with Crippen LogP contribution in [0.2, 0.25) is 0 Å². The van der Waals surface area contributed by atoms with Crippen molar-refractivity contribution in [1.29, 1.82) is 0 Å². The topological polar surface area (TPSA) is 0 Å². The Balaban J connectivity index is -0.000000126. The van der Waals surface area contributed by atoms with Gasteiger partial charge in [0, 0.05) is 12.0 Å². The van der Waals surface area contributed by atoms with E-state index in [-0.39, 0.29) is 17.8 Å². The van der Waals surface area contributed by atoms with Crippen LogP contribution in [0.15, 0.2) is 35.2 Å². The lowest BCUT2D eigenvalue weighted by Gasteiger charge is -2.03. The first-order valence-electron chi connectivity index (χ1n) is 7.87. The molecule has 0 fully saturated rings. The first kappa shape index (κ1) is 32.3. The van der Waals surface area contributed by atoms with Crippen LogP contribution >= 0.6 is 0 Å². The molecule has 158 valence electrons. The molecular weight excluding hydrogens is 368 g/mol. The number of halogens is 8. The molecule has 0 spiro atoms. The van der Waals surface area contributed by atoms with Crippen molar-refractivity contribution in [1.82, 2.24) is 0 Å². The summed E-state index contributed by atoms with van der Waals surface area (Å²) in [5.74, 6) is -2.58. The summed E-state index contributed by atoms with van der Waals surface area (Å²) in [4.78, 5) is 0. The largest absolute Gasteiger partial charge is 0.412 e. The molecule has 0 radical (unpaired) electrons. The molecular formula is C18H30F8. The summed E-state index contributed by atoms with van der Waals surface area (Å²) in [6.07, 6.45) is -2.83. The second-order valence-corrected chi connectivity index (χ2v) is 5.16. The molecule has 0 nitrogen and oxygen atoms in total. The molecule has 0 aliphatic carbocycles. The van der Waals surface area contributed by atoms with Gasteiger partial charge in [-0.2, -0.15) is 22.0 Å². The van der Waals surface area contributed by atoms with Gasteiger partial charge in [0.2, 0.25) is 5.92 Å². The zero-order chi connectivity index (χ0) is 22.1. The minimum atomic E-state index is -4.13. The fourth-order valence-electron chi connectivity index (χ4n) is 0.297. The van der Waals surface area contributed by atoms with Crippen LogP contribution in [0.4, 0.5) is 35.1 Å². The third-order valence-corrected chi connectivity index (χ3v) is 2.75. The monoisotopic (exact) mass is 398 g/mol. The van der Waals surface area contributed by atoms with Gasteiger partial charge in [0.15, 0.2) is 0 Å². The lowest BCUT2D eigenvalue weighted by molar-refractivity contribution is -0.0914. The number of hydrogen-bond acceptors (Lipinski definition) is 0. The van der Waals surface area contributed by atoms with E-state index in [0.717, 1.165) is 19.9 Å². The Morgan fingerprint density at radius 3 is 1.12 bits per heavy atom. The Labute approximate surface area is 151 Å². The maximum absolute atomic E-state index is 11.5. The van der Waals surface area contributed by atoms with Gasteiger partial charge in [-0.1, -0.05) is 26.0 Å². The minimum absolute atomic E-state index is 0.0625. The van der Waals surface area contributed by atoms with Crippen molar-refractivity contribution in [2.45, 2.75) is 80.3 Å². The Bertz CT molecular complexity index is 415. The molecule has 0 aliphatic heterocycles. The molecule has 0 bridgehead atoms. The van der Waals surface area contributed by atoms with Gasteiger partial charge in [-0.25, -0.2) is 13.2 Å². The van der Waals surface area contributed by atoms with Crippen molar-refractivity contribution in [3.05, 3.63) is 35.2 Å². The van der Waals surface area contributed by atoms with Gasteiger partial charge >= 0.3 is 6.18 Å². The fourth-order valence-corrected chi connectivity index (χ4v) is 0.297. The minimum Gasteiger partial charge on any atom is -0.213 e. The van der Waals surface area contributed by atoms with Gasteiger partial charge in [-0.15, -0.1) is 0 Å². The van der Waals surface area contributed by atoms with Crippen molar-refractivity contribution < 1.29 is 35.1 Å². The standard InChI is InChI=1S/C5H7F3.C5H8F2.C4H8F2.C4H7F/c1-3-4(2)5(6,7)8;1-3-4(2)5(6)7;1-3-4(2,5)6;1-3-4(2)5/h3H,1-2H3;3H2,1-2H3;3H2,1-2H3;3H,1-2H3/b4-3+;;;4-3+. The molecule has 0 N–H and O–H groups in total. The fraction of sp³-hybridized carbons (Fsp3) is 0.667. The van der Waals surface area contributed by atoms with Crippen LogP contribution in [0.5, 0.6) is 0 Å². The van der Waals surface area contributed by atoms with E-state index in [0.29, 0.717) is 6.42 Å². The lowest BCUT2D eigenvalue weighted by Crippen LogP contribution is -2.07. The summed E-state index contributed by atoms with van der Waals surface area (Å²) in [5, 5.41) is 0. The third-order valence-electron chi connectivity index (χ3n) is 2.75. The maximum atomic E-state index is 11.5. The number of hydrogen-bond donors (Lipinski definition) is 0. The summed E-state index contributed by atoms with van der Waals surface area (Å²) in [6.45, 7) is 11.0. The Kier molecular flexibility index (Phi) is 21.3. The van der Waals surface area contributed by atoms with Crippen LogP contribution in [0, 0.1) is 0 Å². The SMILES string of the molecule is C/C=C(\C)C(F)(F)F.C/C=C(\C)F.CCC(C)(F)F.CCC(C)=C(F)F. The van der Waals surface area contributed by atoms with Gasteiger partial charge in [-0.3, -0.25) is 0 Å². The van der Waals surface area contributed by atoms with Gasteiger partial charge in [-0.05, 0) is 53.5 Å². The smallest absolute Gasteiger partial charge is 0.213 e. The van der Waals surface area contributed by atoms with Crippen molar-refractivity contribution in [2.24, 2.45) is 0 Å². The van der Waals surface area contributed by atoms with E-state index in [4.69, 9.17) is 0 Å². The van der Waals surface area contributed by atoms with Crippen molar-refractivity contribution in [2.75, 3.05) is 0 Å². The van der Waals surface area contributed by atoms with E-state index in [9.17, 15) is 35.1 Å². The predicted octanol–water partition coefficient (Wildman–Crippen LogP) is 9.01. The van der Waals surface area contributed by atoms with Crippen LogP contribution in [0.1, 0.15) is 68.2 Å². The van der Waals surface area contributed by atoms with E-state index in [1.165, 1.54) is 33.8 Å². The Morgan fingerprint density at radius 1 is 0.808 bits per heavy atom. The zero-order valence-electron chi connectivity index (χ0n) is 16.6. The van der Waals surface area contributed by atoms with Crippen molar-refractivity contribution >= 4 is 0 Å². The second kappa shape index (κ2) is 17.1. The van der Waals surface area contributed by atoms with Crippen LogP contribution in [-0.4, -0.2) is 12.1 Å². The molecule has 0 saturated carbocycles. The van der Waals surface area contributed by atoms with E-state index in [1.807, 2.05) is 0 Å². The molecule has 0 aromatic rings. The molecule has 26 heavy (non-hydrogen) atoms. The highest BCUT2D eigenvalue weighted by Gasteiger charge is 2.28. The first-order valence-corrected chi connectivity index (χ1v) is 7.87. The molecule has 0 amide bonds. The van der Waals surface area contributed by atoms with Crippen LogP contribution < -0.4 is 0 Å². The first-order chi connectivity index (χ1) is 11.5. The summed E-state index contributed by atoms with van der Waals surface area (Å²) < 4.78 is 91.0. The summed E-state index contributed by atoms with van der Waals surface area (Å²) in [5.41, 5.74) is -0.363. The molecule has 8 heteroatoms. The highest BCUT2D eigenvalue weighted by atomic mass is 19.4. The quantitative estimate of drug-likeness (QED) is 0.321. The highest BCUT2D eigenvalue weighted by Crippen LogP contribution is 2.24. The van der Waals surface area contributed by atoms with Crippen molar-refractivity contribution in [3.63, 3.8) is 0 Å².